The number of nitrogens with one attached hydrogen (secondary N) is 2. The van der Waals surface area contributed by atoms with Crippen LogP contribution >= 0.6 is 24.0 Å². The van der Waals surface area contributed by atoms with E-state index in [9.17, 15) is 0 Å². The van der Waals surface area contributed by atoms with Crippen LogP contribution in [0, 0.1) is 18.8 Å². The summed E-state index contributed by atoms with van der Waals surface area (Å²) in [5.74, 6) is 2.16. The molecule has 2 fully saturated rings. The zero-order valence-corrected chi connectivity index (χ0v) is 20.3. The van der Waals surface area contributed by atoms with Crippen LogP contribution in [-0.2, 0) is 9.47 Å². The third kappa shape index (κ3) is 8.80. The van der Waals surface area contributed by atoms with Gasteiger partial charge in [-0.1, -0.05) is 29.8 Å². The highest BCUT2D eigenvalue weighted by Crippen LogP contribution is 2.34. The average Bonchev–Trinajstić information content (AvgIpc) is 3.54. The Morgan fingerprint density at radius 1 is 1.17 bits per heavy atom. The molecule has 2 atom stereocenters. The number of aliphatic imine (C=N–C) groups is 1. The van der Waals surface area contributed by atoms with Crippen LogP contribution in [0.15, 0.2) is 29.3 Å². The fraction of sp³-hybridized carbons (Fsp3) is 0.696. The molecular weight excluding hydrogens is 477 g/mol. The second-order valence-electron chi connectivity index (χ2n) is 8.12. The quantitative estimate of drug-likeness (QED) is 0.209. The van der Waals surface area contributed by atoms with Gasteiger partial charge in [0.25, 0.3) is 0 Å². The fourth-order valence-corrected chi connectivity index (χ4v) is 3.62. The third-order valence-corrected chi connectivity index (χ3v) is 5.49. The standard InChI is InChI=1S/C23H37N3O2.HI/c1-3-24-23(25-13-5-14-27-17-19-9-10-19)26-16-21-6-4-15-28-22(21)20-11-7-18(2)8-12-20;/h7-8,11-12,19,21-22H,3-6,9-10,13-17H2,1-2H3,(H2,24,25,26);1H. The first kappa shape index (κ1) is 24.4. The molecule has 1 aliphatic heterocycles. The van der Waals surface area contributed by atoms with Crippen molar-refractivity contribution in [1.29, 1.82) is 0 Å². The van der Waals surface area contributed by atoms with Crippen molar-refractivity contribution in [3.63, 3.8) is 0 Å². The zero-order valence-electron chi connectivity index (χ0n) is 18.0. The molecule has 0 bridgehead atoms. The minimum atomic E-state index is 0. The molecule has 1 saturated heterocycles. The Balaban J connectivity index is 0.00000300. The first-order chi connectivity index (χ1) is 13.8. The molecule has 1 aromatic rings. The minimum Gasteiger partial charge on any atom is -0.381 e. The van der Waals surface area contributed by atoms with Crippen LogP contribution in [0.4, 0.5) is 0 Å². The van der Waals surface area contributed by atoms with E-state index >= 15 is 0 Å². The molecule has 164 valence electrons. The van der Waals surface area contributed by atoms with Gasteiger partial charge in [-0.05, 0) is 57.4 Å². The van der Waals surface area contributed by atoms with Crippen molar-refractivity contribution in [3.8, 4) is 0 Å². The van der Waals surface area contributed by atoms with E-state index in [0.717, 1.165) is 70.6 Å². The molecular formula is C23H38IN3O2. The molecule has 5 nitrogen and oxygen atoms in total. The highest BCUT2D eigenvalue weighted by atomic mass is 127. The summed E-state index contributed by atoms with van der Waals surface area (Å²) in [6.07, 6.45) is 6.14. The van der Waals surface area contributed by atoms with Gasteiger partial charge in [-0.3, -0.25) is 4.99 Å². The number of nitrogens with zero attached hydrogens (tertiary/aromatic N) is 1. The van der Waals surface area contributed by atoms with Crippen molar-refractivity contribution in [2.24, 2.45) is 16.8 Å². The normalized spacial score (nSPS) is 22.1. The number of aryl methyl sites for hydroxylation is 1. The van der Waals surface area contributed by atoms with Crippen LogP contribution in [0.3, 0.4) is 0 Å². The van der Waals surface area contributed by atoms with Crippen molar-refractivity contribution in [2.45, 2.75) is 52.1 Å². The number of hydrogen-bond donors (Lipinski definition) is 2. The Morgan fingerprint density at radius 2 is 1.97 bits per heavy atom. The number of rotatable bonds is 10. The van der Waals surface area contributed by atoms with E-state index in [1.807, 2.05) is 0 Å². The highest BCUT2D eigenvalue weighted by Gasteiger charge is 2.27. The van der Waals surface area contributed by atoms with Crippen LogP contribution < -0.4 is 10.6 Å². The van der Waals surface area contributed by atoms with E-state index in [1.165, 1.54) is 24.0 Å². The lowest BCUT2D eigenvalue weighted by molar-refractivity contribution is -0.0250. The van der Waals surface area contributed by atoms with Crippen LogP contribution in [-0.4, -0.2) is 45.4 Å². The van der Waals surface area contributed by atoms with Gasteiger partial charge in [0.1, 0.15) is 0 Å². The van der Waals surface area contributed by atoms with Crippen molar-refractivity contribution in [2.75, 3.05) is 39.5 Å². The molecule has 2 aliphatic rings. The van der Waals surface area contributed by atoms with E-state index in [2.05, 4.69) is 48.7 Å². The maximum Gasteiger partial charge on any atom is 0.191 e. The number of ether oxygens (including phenoxy) is 2. The molecule has 3 rings (SSSR count). The van der Waals surface area contributed by atoms with E-state index in [0.29, 0.717) is 5.92 Å². The van der Waals surface area contributed by atoms with Crippen LogP contribution in [0.25, 0.3) is 0 Å². The predicted molar refractivity (Wildman–Crippen MR) is 130 cm³/mol. The van der Waals surface area contributed by atoms with Gasteiger partial charge in [-0.2, -0.15) is 0 Å². The van der Waals surface area contributed by atoms with Crippen LogP contribution in [0.2, 0.25) is 0 Å². The summed E-state index contributed by atoms with van der Waals surface area (Å²) >= 11 is 0. The summed E-state index contributed by atoms with van der Waals surface area (Å²) in [4.78, 5) is 4.86. The van der Waals surface area contributed by atoms with E-state index in [-0.39, 0.29) is 30.1 Å². The van der Waals surface area contributed by atoms with Crippen LogP contribution in [0.1, 0.15) is 56.3 Å². The molecule has 2 N–H and O–H groups in total. The lowest BCUT2D eigenvalue weighted by Gasteiger charge is -2.31. The lowest BCUT2D eigenvalue weighted by Crippen LogP contribution is -2.39. The second-order valence-corrected chi connectivity index (χ2v) is 8.12. The molecule has 1 heterocycles. The summed E-state index contributed by atoms with van der Waals surface area (Å²) in [7, 11) is 0. The van der Waals surface area contributed by atoms with Gasteiger partial charge in [0.05, 0.1) is 6.10 Å². The average molecular weight is 515 g/mol. The van der Waals surface area contributed by atoms with Crippen molar-refractivity contribution < 1.29 is 9.47 Å². The first-order valence-electron chi connectivity index (χ1n) is 11.0. The second kappa shape index (κ2) is 13.4. The Hall–Kier alpha value is -0.860. The van der Waals surface area contributed by atoms with Crippen molar-refractivity contribution >= 4 is 29.9 Å². The van der Waals surface area contributed by atoms with Gasteiger partial charge in [-0.25, -0.2) is 0 Å². The number of guanidine groups is 1. The van der Waals surface area contributed by atoms with Gasteiger partial charge in [0.2, 0.25) is 0 Å². The first-order valence-corrected chi connectivity index (χ1v) is 11.0. The highest BCUT2D eigenvalue weighted by molar-refractivity contribution is 14.0. The number of hydrogen-bond acceptors (Lipinski definition) is 3. The summed E-state index contributed by atoms with van der Waals surface area (Å²) in [6, 6.07) is 8.75. The Bertz CT molecular complexity index is 605. The Labute approximate surface area is 193 Å². The molecule has 29 heavy (non-hydrogen) atoms. The Kier molecular flexibility index (Phi) is 11.3. The summed E-state index contributed by atoms with van der Waals surface area (Å²) < 4.78 is 11.8. The molecule has 2 unspecified atom stereocenters. The summed E-state index contributed by atoms with van der Waals surface area (Å²) in [5, 5.41) is 6.80. The zero-order chi connectivity index (χ0) is 19.6. The Morgan fingerprint density at radius 3 is 2.69 bits per heavy atom. The van der Waals surface area contributed by atoms with E-state index < -0.39 is 0 Å². The summed E-state index contributed by atoms with van der Waals surface area (Å²) in [6.45, 7) is 9.38. The maximum atomic E-state index is 6.13. The number of benzene rings is 1. The minimum absolute atomic E-state index is 0. The van der Waals surface area contributed by atoms with Gasteiger partial charge in [0.15, 0.2) is 5.96 Å². The topological polar surface area (TPSA) is 54.9 Å². The molecule has 6 heteroatoms. The van der Waals surface area contributed by atoms with Gasteiger partial charge in [-0.15, -0.1) is 24.0 Å². The number of halogens is 1. The molecule has 0 aromatic heterocycles. The van der Waals surface area contributed by atoms with Crippen molar-refractivity contribution in [3.05, 3.63) is 35.4 Å². The predicted octanol–water partition coefficient (Wildman–Crippen LogP) is 4.45. The molecule has 1 saturated carbocycles. The van der Waals surface area contributed by atoms with Gasteiger partial charge in [0, 0.05) is 45.4 Å². The molecule has 0 radical (unpaired) electrons. The van der Waals surface area contributed by atoms with Crippen molar-refractivity contribution in [1.82, 2.24) is 10.6 Å². The van der Waals surface area contributed by atoms with Gasteiger partial charge >= 0.3 is 0 Å². The fourth-order valence-electron chi connectivity index (χ4n) is 3.62. The third-order valence-electron chi connectivity index (χ3n) is 5.49. The molecule has 1 aliphatic carbocycles. The maximum absolute atomic E-state index is 6.13. The SMILES string of the molecule is CCNC(=NCC1CCCOC1c1ccc(C)cc1)NCCCOCC1CC1.I. The lowest BCUT2D eigenvalue weighted by atomic mass is 9.89. The summed E-state index contributed by atoms with van der Waals surface area (Å²) in [5.41, 5.74) is 2.56. The molecule has 1 aromatic carbocycles. The van der Waals surface area contributed by atoms with Crippen LogP contribution in [0.5, 0.6) is 0 Å². The molecule has 0 amide bonds. The van der Waals surface area contributed by atoms with E-state index in [1.54, 1.807) is 0 Å². The smallest absolute Gasteiger partial charge is 0.191 e. The largest absolute Gasteiger partial charge is 0.381 e. The molecule has 0 spiro atoms. The monoisotopic (exact) mass is 515 g/mol. The van der Waals surface area contributed by atoms with Gasteiger partial charge < -0.3 is 20.1 Å². The van der Waals surface area contributed by atoms with E-state index in [4.69, 9.17) is 14.5 Å².